The molecule has 1 aliphatic rings. The predicted molar refractivity (Wildman–Crippen MR) is 137 cm³/mol. The van der Waals surface area contributed by atoms with Crippen LogP contribution < -0.4 is 5.32 Å². The van der Waals surface area contributed by atoms with Gasteiger partial charge in [0.25, 0.3) is 0 Å². The summed E-state index contributed by atoms with van der Waals surface area (Å²) < 4.78 is 0. The first-order valence-electron chi connectivity index (χ1n) is 11.5. The van der Waals surface area contributed by atoms with E-state index in [2.05, 4.69) is 17.4 Å². The maximum atomic E-state index is 6.30. The summed E-state index contributed by atoms with van der Waals surface area (Å²) in [6.07, 6.45) is 4.27. The van der Waals surface area contributed by atoms with E-state index < -0.39 is 0 Å². The molecule has 0 spiro atoms. The summed E-state index contributed by atoms with van der Waals surface area (Å²) >= 11 is 6.30. The highest BCUT2D eigenvalue weighted by Gasteiger charge is 2.20. The topological polar surface area (TPSA) is 63.6 Å². The average Bonchev–Trinajstić information content (AvgIpc) is 2.89. The maximum absolute atomic E-state index is 6.30. The molecule has 0 atom stereocenters. The van der Waals surface area contributed by atoms with Gasteiger partial charge in [-0.2, -0.15) is 0 Å². The number of hydrogen-bond acceptors (Lipinski definition) is 5. The molecule has 5 aromatic rings. The second-order valence-corrected chi connectivity index (χ2v) is 8.88. The number of benzene rings is 3. The van der Waals surface area contributed by atoms with Crippen molar-refractivity contribution in [1.82, 2.24) is 19.9 Å². The first-order chi connectivity index (χ1) is 16.7. The summed E-state index contributed by atoms with van der Waals surface area (Å²) in [4.78, 5) is 19.4. The molecule has 0 amide bonds. The van der Waals surface area contributed by atoms with E-state index in [0.29, 0.717) is 16.9 Å². The van der Waals surface area contributed by atoms with Crippen LogP contribution in [0.5, 0.6) is 0 Å². The van der Waals surface area contributed by atoms with Gasteiger partial charge in [0.15, 0.2) is 0 Å². The molecular formula is C28H22ClN5. The highest BCUT2D eigenvalue weighted by molar-refractivity contribution is 6.31. The largest absolute Gasteiger partial charge is 0.293 e. The molecule has 1 aliphatic carbocycles. The number of aryl methyl sites for hydroxylation is 1. The van der Waals surface area contributed by atoms with Crippen molar-refractivity contribution >= 4 is 34.4 Å². The minimum atomic E-state index is 0.462. The molecule has 2 aromatic heterocycles. The maximum Gasteiger partial charge on any atom is 0.230 e. The summed E-state index contributed by atoms with van der Waals surface area (Å²) in [6.45, 7) is 0. The summed E-state index contributed by atoms with van der Waals surface area (Å²) in [5, 5.41) is 4.86. The van der Waals surface area contributed by atoms with Gasteiger partial charge in [-0.05, 0) is 43.9 Å². The van der Waals surface area contributed by atoms with Gasteiger partial charge in [-0.1, -0.05) is 72.3 Å². The molecule has 0 fully saturated rings. The highest BCUT2D eigenvalue weighted by Crippen LogP contribution is 2.32. The number of anilines is 2. The summed E-state index contributed by atoms with van der Waals surface area (Å²) in [6, 6.07) is 26.1. The van der Waals surface area contributed by atoms with E-state index >= 15 is 0 Å². The van der Waals surface area contributed by atoms with Crippen molar-refractivity contribution in [3.8, 4) is 22.5 Å². The number of halogens is 1. The van der Waals surface area contributed by atoms with Crippen LogP contribution >= 0.6 is 11.6 Å². The van der Waals surface area contributed by atoms with Crippen molar-refractivity contribution in [2.24, 2.45) is 0 Å². The average molecular weight is 464 g/mol. The van der Waals surface area contributed by atoms with Crippen LogP contribution in [0, 0.1) is 0 Å². The highest BCUT2D eigenvalue weighted by atomic mass is 35.5. The lowest BCUT2D eigenvalue weighted by molar-refractivity contribution is 0.665. The SMILES string of the molecule is Clc1ccc2nc(Nc3nc4c(c(-c5ccccc5)n3)CCCC4)nc(-c3ccccc3)c2c1. The molecule has 1 N–H and O–H groups in total. The van der Waals surface area contributed by atoms with Crippen LogP contribution in [0.25, 0.3) is 33.4 Å². The molecule has 166 valence electrons. The predicted octanol–water partition coefficient (Wildman–Crippen LogP) is 7.03. The second kappa shape index (κ2) is 8.84. The van der Waals surface area contributed by atoms with Gasteiger partial charge in [-0.3, -0.25) is 5.32 Å². The third kappa shape index (κ3) is 3.99. The fourth-order valence-corrected chi connectivity index (χ4v) is 4.73. The van der Waals surface area contributed by atoms with E-state index in [0.717, 1.165) is 58.4 Å². The molecule has 6 heteroatoms. The van der Waals surface area contributed by atoms with E-state index in [1.54, 1.807) is 0 Å². The first-order valence-corrected chi connectivity index (χ1v) is 11.9. The van der Waals surface area contributed by atoms with E-state index in [1.165, 1.54) is 12.0 Å². The molecule has 0 unspecified atom stereocenters. The lowest BCUT2D eigenvalue weighted by Gasteiger charge is -2.19. The van der Waals surface area contributed by atoms with Gasteiger partial charge in [-0.15, -0.1) is 0 Å². The molecular weight excluding hydrogens is 442 g/mol. The molecule has 0 saturated heterocycles. The lowest BCUT2D eigenvalue weighted by Crippen LogP contribution is -2.12. The van der Waals surface area contributed by atoms with Crippen LogP contribution in [-0.2, 0) is 12.8 Å². The van der Waals surface area contributed by atoms with Crippen LogP contribution in [-0.4, -0.2) is 19.9 Å². The Morgan fingerprint density at radius 2 is 1.29 bits per heavy atom. The number of aromatic nitrogens is 4. The number of rotatable bonds is 4. The van der Waals surface area contributed by atoms with E-state index in [1.807, 2.05) is 66.7 Å². The number of fused-ring (bicyclic) bond motifs is 2. The Kier molecular flexibility index (Phi) is 5.40. The Morgan fingerprint density at radius 1 is 0.647 bits per heavy atom. The van der Waals surface area contributed by atoms with Crippen molar-refractivity contribution in [2.75, 3.05) is 5.32 Å². The first kappa shape index (κ1) is 20.8. The Morgan fingerprint density at radius 3 is 2.06 bits per heavy atom. The van der Waals surface area contributed by atoms with Crippen LogP contribution in [0.1, 0.15) is 24.1 Å². The zero-order valence-corrected chi connectivity index (χ0v) is 19.3. The standard InChI is InChI=1S/C28H22ClN5/c29-20-15-16-24-22(17-20)26(19-11-5-2-6-12-19)33-28(31-24)34-27-30-23-14-8-7-13-21(23)25(32-27)18-9-3-1-4-10-18/h1-6,9-12,15-17H,7-8,13-14H2,(H,30,31,32,33,34). The van der Waals surface area contributed by atoms with Gasteiger partial charge in [-0.25, -0.2) is 19.9 Å². The van der Waals surface area contributed by atoms with E-state index in [-0.39, 0.29) is 0 Å². The molecule has 34 heavy (non-hydrogen) atoms. The fraction of sp³-hybridized carbons (Fsp3) is 0.143. The lowest BCUT2D eigenvalue weighted by atomic mass is 9.92. The minimum Gasteiger partial charge on any atom is -0.293 e. The van der Waals surface area contributed by atoms with Crippen LogP contribution in [0.3, 0.4) is 0 Å². The zero-order valence-electron chi connectivity index (χ0n) is 18.5. The third-order valence-corrected chi connectivity index (χ3v) is 6.39. The quantitative estimate of drug-likeness (QED) is 0.310. The molecule has 5 nitrogen and oxygen atoms in total. The molecule has 0 bridgehead atoms. The Bertz CT molecular complexity index is 1490. The number of nitrogens with zero attached hydrogens (tertiary/aromatic N) is 4. The van der Waals surface area contributed by atoms with Gasteiger partial charge in [0.05, 0.1) is 16.9 Å². The number of hydrogen-bond donors (Lipinski definition) is 1. The van der Waals surface area contributed by atoms with E-state index in [9.17, 15) is 0 Å². The van der Waals surface area contributed by atoms with Crippen LogP contribution in [0.15, 0.2) is 78.9 Å². The molecule has 0 saturated carbocycles. The summed E-state index contributed by atoms with van der Waals surface area (Å²) in [7, 11) is 0. The van der Waals surface area contributed by atoms with E-state index in [4.69, 9.17) is 31.5 Å². The Hall–Kier alpha value is -3.83. The minimum absolute atomic E-state index is 0.462. The zero-order chi connectivity index (χ0) is 22.9. The fourth-order valence-electron chi connectivity index (χ4n) is 4.56. The Balaban J connectivity index is 1.48. The molecule has 3 aromatic carbocycles. The summed E-state index contributed by atoms with van der Waals surface area (Å²) in [5.74, 6) is 0.982. The second-order valence-electron chi connectivity index (χ2n) is 8.44. The van der Waals surface area contributed by atoms with Gasteiger partial charge >= 0.3 is 0 Å². The van der Waals surface area contributed by atoms with Gasteiger partial charge in [0.1, 0.15) is 0 Å². The van der Waals surface area contributed by atoms with Crippen LogP contribution in [0.4, 0.5) is 11.9 Å². The van der Waals surface area contributed by atoms with Crippen molar-refractivity contribution in [3.63, 3.8) is 0 Å². The van der Waals surface area contributed by atoms with Crippen molar-refractivity contribution in [1.29, 1.82) is 0 Å². The third-order valence-electron chi connectivity index (χ3n) is 6.16. The van der Waals surface area contributed by atoms with Crippen molar-refractivity contribution < 1.29 is 0 Å². The van der Waals surface area contributed by atoms with Gasteiger partial charge < -0.3 is 0 Å². The summed E-state index contributed by atoms with van der Waals surface area (Å²) in [5.41, 5.74) is 7.07. The van der Waals surface area contributed by atoms with Gasteiger partial charge in [0, 0.05) is 32.8 Å². The van der Waals surface area contributed by atoms with Crippen LogP contribution in [0.2, 0.25) is 5.02 Å². The van der Waals surface area contributed by atoms with Crippen molar-refractivity contribution in [3.05, 3.63) is 95.1 Å². The smallest absolute Gasteiger partial charge is 0.230 e. The monoisotopic (exact) mass is 463 g/mol. The molecule has 6 rings (SSSR count). The Labute approximate surface area is 202 Å². The molecule has 0 radical (unpaired) electrons. The molecule has 0 aliphatic heterocycles. The van der Waals surface area contributed by atoms with Gasteiger partial charge in [0.2, 0.25) is 11.9 Å². The van der Waals surface area contributed by atoms with Crippen molar-refractivity contribution in [2.45, 2.75) is 25.7 Å². The normalized spacial score (nSPS) is 13.0. The molecule has 2 heterocycles. The number of nitrogens with one attached hydrogen (secondary N) is 1.